The van der Waals surface area contributed by atoms with Crippen molar-refractivity contribution in [1.82, 2.24) is 19.7 Å². The Kier molecular flexibility index (Phi) is 5.42. The standard InChI is InChI=1S/C23H21ClN4O2/c1-15-6-8-19(9-7-15)28-20-10-11-27(23(30)22(20)16(2)26-28)14-21(29)25-13-17-4-3-5-18(24)12-17/h3-12H,13-14H2,1-2H3,(H,25,29). The molecule has 0 bridgehead atoms. The average Bonchev–Trinajstić information content (AvgIpc) is 3.06. The normalized spacial score (nSPS) is 11.0. The predicted molar refractivity (Wildman–Crippen MR) is 118 cm³/mol. The number of nitrogens with one attached hydrogen (secondary N) is 1. The molecule has 6 nitrogen and oxygen atoms in total. The van der Waals surface area contributed by atoms with Crippen molar-refractivity contribution in [3.63, 3.8) is 0 Å². The van der Waals surface area contributed by atoms with Crippen LogP contribution in [0, 0.1) is 13.8 Å². The first-order valence-electron chi connectivity index (χ1n) is 9.59. The van der Waals surface area contributed by atoms with Gasteiger partial charge in [-0.2, -0.15) is 5.10 Å². The molecule has 0 fully saturated rings. The Labute approximate surface area is 178 Å². The van der Waals surface area contributed by atoms with Crippen molar-refractivity contribution in [2.45, 2.75) is 26.9 Å². The van der Waals surface area contributed by atoms with Crippen LogP contribution in [0.25, 0.3) is 16.6 Å². The largest absolute Gasteiger partial charge is 0.350 e. The highest BCUT2D eigenvalue weighted by Gasteiger charge is 2.15. The van der Waals surface area contributed by atoms with Gasteiger partial charge in [-0.3, -0.25) is 9.59 Å². The molecule has 4 aromatic rings. The van der Waals surface area contributed by atoms with Crippen LogP contribution in [0.5, 0.6) is 0 Å². The lowest BCUT2D eigenvalue weighted by atomic mass is 10.2. The number of fused-ring (bicyclic) bond motifs is 1. The summed E-state index contributed by atoms with van der Waals surface area (Å²) in [6.07, 6.45) is 1.63. The lowest BCUT2D eigenvalue weighted by Crippen LogP contribution is -2.31. The molecule has 0 atom stereocenters. The van der Waals surface area contributed by atoms with Crippen molar-refractivity contribution in [3.8, 4) is 5.69 Å². The van der Waals surface area contributed by atoms with E-state index in [0.29, 0.717) is 22.6 Å². The fourth-order valence-corrected chi connectivity index (χ4v) is 3.61. The van der Waals surface area contributed by atoms with E-state index in [-0.39, 0.29) is 18.0 Å². The van der Waals surface area contributed by atoms with Gasteiger partial charge in [0.1, 0.15) is 6.54 Å². The Morgan fingerprint density at radius 2 is 1.87 bits per heavy atom. The number of hydrogen-bond acceptors (Lipinski definition) is 3. The number of benzene rings is 2. The molecule has 1 amide bonds. The molecule has 1 N–H and O–H groups in total. The van der Waals surface area contributed by atoms with Crippen molar-refractivity contribution in [1.29, 1.82) is 0 Å². The van der Waals surface area contributed by atoms with Crippen LogP contribution in [0.4, 0.5) is 0 Å². The zero-order valence-corrected chi connectivity index (χ0v) is 17.5. The lowest BCUT2D eigenvalue weighted by Gasteiger charge is -2.09. The van der Waals surface area contributed by atoms with Crippen LogP contribution in [0.2, 0.25) is 5.02 Å². The number of nitrogens with zero attached hydrogens (tertiary/aromatic N) is 3. The highest BCUT2D eigenvalue weighted by atomic mass is 35.5. The molecule has 0 saturated carbocycles. The number of halogens is 1. The maximum Gasteiger partial charge on any atom is 0.262 e. The molecule has 0 aliphatic heterocycles. The van der Waals surface area contributed by atoms with Crippen molar-refractivity contribution < 1.29 is 4.79 Å². The van der Waals surface area contributed by atoms with E-state index in [1.807, 2.05) is 49.4 Å². The summed E-state index contributed by atoms with van der Waals surface area (Å²) in [4.78, 5) is 25.4. The number of carbonyl (C=O) groups excluding carboxylic acids is 1. The van der Waals surface area contributed by atoms with Gasteiger partial charge in [0.2, 0.25) is 5.91 Å². The molecule has 0 saturated heterocycles. The van der Waals surface area contributed by atoms with E-state index in [9.17, 15) is 9.59 Å². The fourth-order valence-electron chi connectivity index (χ4n) is 3.40. The molecule has 0 radical (unpaired) electrons. The predicted octanol–water partition coefficient (Wildman–Crippen LogP) is 3.77. The fraction of sp³-hybridized carbons (Fsp3) is 0.174. The molecule has 2 aromatic heterocycles. The van der Waals surface area contributed by atoms with Crippen LogP contribution in [0.15, 0.2) is 65.6 Å². The summed E-state index contributed by atoms with van der Waals surface area (Å²) in [5, 5.41) is 8.50. The smallest absolute Gasteiger partial charge is 0.262 e. The van der Waals surface area contributed by atoms with Crippen LogP contribution in [-0.4, -0.2) is 20.3 Å². The van der Waals surface area contributed by atoms with E-state index in [2.05, 4.69) is 10.4 Å². The molecule has 2 aromatic carbocycles. The van der Waals surface area contributed by atoms with Crippen molar-refractivity contribution in [2.24, 2.45) is 0 Å². The zero-order chi connectivity index (χ0) is 21.3. The van der Waals surface area contributed by atoms with Crippen molar-refractivity contribution in [3.05, 3.63) is 93.0 Å². The Balaban J connectivity index is 1.57. The summed E-state index contributed by atoms with van der Waals surface area (Å²) in [7, 11) is 0. The summed E-state index contributed by atoms with van der Waals surface area (Å²) in [5.74, 6) is -0.250. The van der Waals surface area contributed by atoms with E-state index in [0.717, 1.165) is 22.3 Å². The zero-order valence-electron chi connectivity index (χ0n) is 16.7. The van der Waals surface area contributed by atoms with Gasteiger partial charge in [-0.15, -0.1) is 0 Å². The molecule has 0 aliphatic rings. The van der Waals surface area contributed by atoms with Crippen LogP contribution < -0.4 is 10.9 Å². The molecular formula is C23H21ClN4O2. The molecule has 0 aliphatic carbocycles. The molecular weight excluding hydrogens is 400 g/mol. The van der Waals surface area contributed by atoms with Crippen LogP contribution >= 0.6 is 11.6 Å². The van der Waals surface area contributed by atoms with E-state index < -0.39 is 0 Å². The van der Waals surface area contributed by atoms with Gasteiger partial charge >= 0.3 is 0 Å². The third-order valence-electron chi connectivity index (χ3n) is 4.95. The first-order valence-corrected chi connectivity index (χ1v) is 9.97. The van der Waals surface area contributed by atoms with E-state index in [1.54, 1.807) is 29.9 Å². The SMILES string of the molecule is Cc1ccc(-n2nc(C)c3c(=O)n(CC(=O)NCc4cccc(Cl)c4)ccc32)cc1. The maximum atomic E-state index is 13.0. The minimum absolute atomic E-state index is 0.0650. The van der Waals surface area contributed by atoms with Gasteiger partial charge in [0, 0.05) is 17.8 Å². The van der Waals surface area contributed by atoms with Gasteiger partial charge in [-0.25, -0.2) is 4.68 Å². The third-order valence-corrected chi connectivity index (χ3v) is 5.19. The van der Waals surface area contributed by atoms with Gasteiger partial charge < -0.3 is 9.88 Å². The molecule has 7 heteroatoms. The number of aromatic nitrogens is 3. The molecule has 30 heavy (non-hydrogen) atoms. The third kappa shape index (κ3) is 4.00. The highest BCUT2D eigenvalue weighted by Crippen LogP contribution is 2.19. The molecule has 0 spiro atoms. The number of carbonyl (C=O) groups is 1. The second-order valence-electron chi connectivity index (χ2n) is 7.25. The minimum Gasteiger partial charge on any atom is -0.350 e. The first kappa shape index (κ1) is 19.9. The highest BCUT2D eigenvalue weighted by molar-refractivity contribution is 6.30. The van der Waals surface area contributed by atoms with Gasteiger partial charge in [-0.05, 0) is 49.7 Å². The number of amides is 1. The Bertz CT molecular complexity index is 1290. The van der Waals surface area contributed by atoms with Crippen LogP contribution in [0.3, 0.4) is 0 Å². The summed E-state index contributed by atoms with van der Waals surface area (Å²) >= 11 is 5.97. The van der Waals surface area contributed by atoms with E-state index in [1.165, 1.54) is 4.57 Å². The average molecular weight is 421 g/mol. The Morgan fingerprint density at radius 3 is 2.60 bits per heavy atom. The monoisotopic (exact) mass is 420 g/mol. The molecule has 2 heterocycles. The van der Waals surface area contributed by atoms with E-state index >= 15 is 0 Å². The second-order valence-corrected chi connectivity index (χ2v) is 7.68. The summed E-state index contributed by atoms with van der Waals surface area (Å²) in [6.45, 7) is 4.11. The van der Waals surface area contributed by atoms with Gasteiger partial charge in [0.25, 0.3) is 5.56 Å². The number of aryl methyl sites for hydroxylation is 2. The van der Waals surface area contributed by atoms with Gasteiger partial charge in [-0.1, -0.05) is 41.4 Å². The van der Waals surface area contributed by atoms with Gasteiger partial charge in [0.15, 0.2) is 0 Å². The molecule has 0 unspecified atom stereocenters. The quantitative estimate of drug-likeness (QED) is 0.534. The second kappa shape index (κ2) is 8.16. The van der Waals surface area contributed by atoms with Crippen LogP contribution in [0.1, 0.15) is 16.8 Å². The summed E-state index contributed by atoms with van der Waals surface area (Å²) in [6, 6.07) is 17.0. The Hall–Kier alpha value is -3.38. The minimum atomic E-state index is -0.250. The van der Waals surface area contributed by atoms with Crippen LogP contribution in [-0.2, 0) is 17.9 Å². The Morgan fingerprint density at radius 1 is 1.10 bits per heavy atom. The topological polar surface area (TPSA) is 68.9 Å². The van der Waals surface area contributed by atoms with Crippen molar-refractivity contribution in [2.75, 3.05) is 0 Å². The maximum absolute atomic E-state index is 13.0. The van der Waals surface area contributed by atoms with E-state index in [4.69, 9.17) is 11.6 Å². The lowest BCUT2D eigenvalue weighted by molar-refractivity contribution is -0.121. The summed E-state index contributed by atoms with van der Waals surface area (Å²) < 4.78 is 3.17. The molecule has 152 valence electrons. The summed E-state index contributed by atoms with van der Waals surface area (Å²) in [5.41, 5.74) is 4.05. The first-order chi connectivity index (χ1) is 14.4. The number of hydrogen-bond donors (Lipinski definition) is 1. The van der Waals surface area contributed by atoms with Crippen molar-refractivity contribution >= 4 is 28.4 Å². The number of pyridine rings is 1. The molecule has 4 rings (SSSR count). The number of rotatable bonds is 5. The van der Waals surface area contributed by atoms with Gasteiger partial charge in [0.05, 0.1) is 22.3 Å².